The number of nitrogens with one attached hydrogen (secondary N) is 2. The summed E-state index contributed by atoms with van der Waals surface area (Å²) in [6.07, 6.45) is 4.04. The molecule has 1 aromatic heterocycles. The van der Waals surface area contributed by atoms with Gasteiger partial charge in [-0.2, -0.15) is 0 Å². The number of aromatic nitrogens is 1. The molecule has 0 saturated heterocycles. The first kappa shape index (κ1) is 19.2. The molecule has 1 aromatic carbocycles. The molecule has 6 nitrogen and oxygen atoms in total. The predicted octanol–water partition coefficient (Wildman–Crippen LogP) is 3.79. The highest BCUT2D eigenvalue weighted by molar-refractivity contribution is 7.18. The van der Waals surface area contributed by atoms with Crippen LogP contribution < -0.4 is 10.6 Å². The zero-order chi connectivity index (χ0) is 19.4. The molecule has 0 bridgehead atoms. The van der Waals surface area contributed by atoms with Crippen LogP contribution in [-0.4, -0.2) is 28.1 Å². The third-order valence-electron chi connectivity index (χ3n) is 4.77. The second-order valence-corrected chi connectivity index (χ2v) is 7.90. The molecule has 0 aliphatic heterocycles. The van der Waals surface area contributed by atoms with E-state index in [1.807, 2.05) is 30.3 Å². The van der Waals surface area contributed by atoms with Crippen LogP contribution in [-0.2, 0) is 9.59 Å². The molecule has 0 radical (unpaired) electrons. The van der Waals surface area contributed by atoms with Gasteiger partial charge in [0.15, 0.2) is 10.9 Å². The largest absolute Gasteiger partial charge is 0.342 e. The topological polar surface area (TPSA) is 88.2 Å². The fourth-order valence-corrected chi connectivity index (χ4v) is 4.40. The first-order valence-electron chi connectivity index (χ1n) is 9.09. The molecular formula is C20H23N3O3S. The number of ketones is 1. The van der Waals surface area contributed by atoms with Gasteiger partial charge in [-0.15, -0.1) is 0 Å². The molecule has 7 heteroatoms. The van der Waals surface area contributed by atoms with Crippen molar-refractivity contribution in [2.75, 3.05) is 5.32 Å². The number of benzene rings is 1. The van der Waals surface area contributed by atoms with Gasteiger partial charge in [0.25, 0.3) is 5.91 Å². The zero-order valence-corrected chi connectivity index (χ0v) is 16.3. The zero-order valence-electron chi connectivity index (χ0n) is 15.5. The average molecular weight is 385 g/mol. The number of amides is 2. The Kier molecular flexibility index (Phi) is 5.70. The average Bonchev–Trinajstić information content (AvgIpc) is 3.07. The Morgan fingerprint density at radius 1 is 1.04 bits per heavy atom. The predicted molar refractivity (Wildman–Crippen MR) is 106 cm³/mol. The van der Waals surface area contributed by atoms with Crippen molar-refractivity contribution in [2.45, 2.75) is 51.5 Å². The quantitative estimate of drug-likeness (QED) is 0.767. The van der Waals surface area contributed by atoms with Crippen molar-refractivity contribution >= 4 is 34.1 Å². The molecule has 1 saturated carbocycles. The molecule has 1 aliphatic rings. The number of rotatable bonds is 5. The number of hydrogen-bond donors (Lipinski definition) is 2. The van der Waals surface area contributed by atoms with Crippen LogP contribution >= 0.6 is 11.3 Å². The number of thiazole rings is 1. The molecular weight excluding hydrogens is 362 g/mol. The first-order valence-corrected chi connectivity index (χ1v) is 9.90. The minimum Gasteiger partial charge on any atom is -0.342 e. The maximum Gasteiger partial charge on any atom is 0.251 e. The standard InChI is InChI=1S/C20H23N3O3S/c1-13(24)17-16(15-9-5-3-6-10-15)21-19(27-17)22-18(26)20(23-14(2)25)11-7-4-8-12-20/h3,5-6,9-10H,4,7-8,11-12H2,1-2H3,(H,23,25)(H,21,22,26). The van der Waals surface area contributed by atoms with Gasteiger partial charge in [0, 0.05) is 19.4 Å². The molecule has 1 fully saturated rings. The lowest BCUT2D eigenvalue weighted by Crippen LogP contribution is -2.57. The van der Waals surface area contributed by atoms with Crippen LogP contribution in [0.15, 0.2) is 30.3 Å². The van der Waals surface area contributed by atoms with Gasteiger partial charge in [0.1, 0.15) is 5.54 Å². The van der Waals surface area contributed by atoms with E-state index in [-0.39, 0.29) is 17.6 Å². The van der Waals surface area contributed by atoms with Gasteiger partial charge in [0.2, 0.25) is 5.91 Å². The van der Waals surface area contributed by atoms with E-state index in [0.29, 0.717) is 28.5 Å². The third kappa shape index (κ3) is 4.24. The Bertz CT molecular complexity index is 855. The summed E-state index contributed by atoms with van der Waals surface area (Å²) in [6, 6.07) is 9.42. The van der Waals surface area contributed by atoms with Crippen molar-refractivity contribution in [1.82, 2.24) is 10.3 Å². The molecule has 2 N–H and O–H groups in total. The van der Waals surface area contributed by atoms with Crippen molar-refractivity contribution in [1.29, 1.82) is 0 Å². The summed E-state index contributed by atoms with van der Waals surface area (Å²) in [7, 11) is 0. The molecule has 1 heterocycles. The highest BCUT2D eigenvalue weighted by atomic mass is 32.1. The molecule has 0 spiro atoms. The monoisotopic (exact) mass is 385 g/mol. The minimum absolute atomic E-state index is 0.0962. The molecule has 1 aliphatic carbocycles. The molecule has 2 aromatic rings. The second kappa shape index (κ2) is 8.00. The first-order chi connectivity index (χ1) is 12.9. The Labute approximate surface area is 162 Å². The number of hydrogen-bond acceptors (Lipinski definition) is 5. The lowest BCUT2D eigenvalue weighted by atomic mass is 9.81. The molecule has 27 heavy (non-hydrogen) atoms. The van der Waals surface area contributed by atoms with E-state index in [2.05, 4.69) is 15.6 Å². The van der Waals surface area contributed by atoms with Gasteiger partial charge < -0.3 is 5.32 Å². The van der Waals surface area contributed by atoms with E-state index in [0.717, 1.165) is 24.8 Å². The highest BCUT2D eigenvalue weighted by Crippen LogP contribution is 2.34. The normalized spacial score (nSPS) is 15.8. The summed E-state index contributed by atoms with van der Waals surface area (Å²) >= 11 is 1.17. The fourth-order valence-electron chi connectivity index (χ4n) is 3.52. The van der Waals surface area contributed by atoms with Crippen LogP contribution in [0.2, 0.25) is 0 Å². The Hall–Kier alpha value is -2.54. The van der Waals surface area contributed by atoms with Crippen molar-refractivity contribution in [3.63, 3.8) is 0 Å². The molecule has 3 rings (SSSR count). The van der Waals surface area contributed by atoms with Gasteiger partial charge in [0.05, 0.1) is 10.6 Å². The van der Waals surface area contributed by atoms with E-state index < -0.39 is 5.54 Å². The molecule has 0 unspecified atom stereocenters. The van der Waals surface area contributed by atoms with E-state index in [1.54, 1.807) is 0 Å². The van der Waals surface area contributed by atoms with Crippen LogP contribution in [0.1, 0.15) is 55.6 Å². The van der Waals surface area contributed by atoms with Crippen LogP contribution in [0, 0.1) is 0 Å². The molecule has 0 atom stereocenters. The summed E-state index contributed by atoms with van der Waals surface area (Å²) in [5.74, 6) is -0.581. The Morgan fingerprint density at radius 3 is 2.30 bits per heavy atom. The van der Waals surface area contributed by atoms with Crippen LogP contribution in [0.5, 0.6) is 0 Å². The maximum atomic E-state index is 13.0. The van der Waals surface area contributed by atoms with Gasteiger partial charge in [-0.3, -0.25) is 19.7 Å². The van der Waals surface area contributed by atoms with Crippen molar-refractivity contribution in [3.8, 4) is 11.3 Å². The summed E-state index contributed by atoms with van der Waals surface area (Å²) in [5, 5.41) is 6.07. The van der Waals surface area contributed by atoms with Crippen LogP contribution in [0.3, 0.4) is 0 Å². The van der Waals surface area contributed by atoms with Gasteiger partial charge in [-0.1, -0.05) is 60.9 Å². The lowest BCUT2D eigenvalue weighted by molar-refractivity contribution is -0.130. The highest BCUT2D eigenvalue weighted by Gasteiger charge is 2.40. The number of carbonyl (C=O) groups excluding carboxylic acids is 3. The number of Topliss-reactive ketones (excluding diaryl/α,β-unsaturated/α-hetero) is 1. The number of anilines is 1. The summed E-state index contributed by atoms with van der Waals surface area (Å²) < 4.78 is 0. The third-order valence-corrected chi connectivity index (χ3v) is 5.84. The SMILES string of the molecule is CC(=O)NC1(C(=O)Nc2nc(-c3ccccc3)c(C(C)=O)s2)CCCCC1. The van der Waals surface area contributed by atoms with Crippen molar-refractivity contribution in [3.05, 3.63) is 35.2 Å². The van der Waals surface area contributed by atoms with Gasteiger partial charge >= 0.3 is 0 Å². The maximum absolute atomic E-state index is 13.0. The Morgan fingerprint density at radius 2 is 1.70 bits per heavy atom. The lowest BCUT2D eigenvalue weighted by Gasteiger charge is -2.35. The van der Waals surface area contributed by atoms with Gasteiger partial charge in [-0.25, -0.2) is 4.98 Å². The Balaban J connectivity index is 1.89. The summed E-state index contributed by atoms with van der Waals surface area (Å²) in [6.45, 7) is 2.92. The summed E-state index contributed by atoms with van der Waals surface area (Å²) in [5.41, 5.74) is 0.494. The van der Waals surface area contributed by atoms with Gasteiger partial charge in [-0.05, 0) is 12.8 Å². The summed E-state index contributed by atoms with van der Waals surface area (Å²) in [4.78, 5) is 41.7. The second-order valence-electron chi connectivity index (χ2n) is 6.90. The van der Waals surface area contributed by atoms with E-state index in [1.165, 1.54) is 25.2 Å². The molecule has 142 valence electrons. The van der Waals surface area contributed by atoms with Crippen molar-refractivity contribution in [2.24, 2.45) is 0 Å². The van der Waals surface area contributed by atoms with Crippen LogP contribution in [0.25, 0.3) is 11.3 Å². The van der Waals surface area contributed by atoms with E-state index in [4.69, 9.17) is 0 Å². The van der Waals surface area contributed by atoms with E-state index >= 15 is 0 Å². The number of carbonyl (C=O) groups is 3. The van der Waals surface area contributed by atoms with Crippen molar-refractivity contribution < 1.29 is 14.4 Å². The number of nitrogens with zero attached hydrogens (tertiary/aromatic N) is 1. The smallest absolute Gasteiger partial charge is 0.251 e. The molecule has 2 amide bonds. The minimum atomic E-state index is -0.904. The van der Waals surface area contributed by atoms with E-state index in [9.17, 15) is 14.4 Å². The van der Waals surface area contributed by atoms with Crippen LogP contribution in [0.4, 0.5) is 5.13 Å². The fraction of sp³-hybridized carbons (Fsp3) is 0.400.